The van der Waals surface area contributed by atoms with Crippen molar-refractivity contribution in [3.8, 4) is 11.5 Å². The molecule has 0 spiro atoms. The Labute approximate surface area is 123 Å². The van der Waals surface area contributed by atoms with Gasteiger partial charge in [-0.15, -0.1) is 0 Å². The zero-order valence-electron chi connectivity index (χ0n) is 11.7. The minimum atomic E-state index is -0.272. The Morgan fingerprint density at radius 3 is 2.52 bits per heavy atom. The summed E-state index contributed by atoms with van der Waals surface area (Å²) < 4.78 is 10.5. The van der Waals surface area contributed by atoms with E-state index in [9.17, 15) is 4.79 Å². The molecule has 0 saturated heterocycles. The number of para-hydroxylation sites is 2. The molecule has 1 amide bonds. The van der Waals surface area contributed by atoms with Crippen molar-refractivity contribution in [2.75, 3.05) is 19.0 Å². The zero-order valence-corrected chi connectivity index (χ0v) is 11.7. The van der Waals surface area contributed by atoms with Gasteiger partial charge in [0.05, 0.1) is 19.4 Å². The molecule has 2 aromatic carbocycles. The van der Waals surface area contributed by atoms with Crippen molar-refractivity contribution < 1.29 is 19.4 Å². The lowest BCUT2D eigenvalue weighted by Gasteiger charge is -2.10. The van der Waals surface area contributed by atoms with Crippen molar-refractivity contribution in [1.82, 2.24) is 0 Å². The summed E-state index contributed by atoms with van der Waals surface area (Å²) in [5.41, 5.74) is 1.39. The van der Waals surface area contributed by atoms with E-state index in [2.05, 4.69) is 5.32 Å². The highest BCUT2D eigenvalue weighted by Gasteiger charge is 2.07. The zero-order chi connectivity index (χ0) is 15.1. The van der Waals surface area contributed by atoms with E-state index >= 15 is 0 Å². The third-order valence-electron chi connectivity index (χ3n) is 2.86. The van der Waals surface area contributed by atoms with E-state index in [4.69, 9.17) is 14.6 Å². The van der Waals surface area contributed by atoms with Crippen LogP contribution in [0.1, 0.15) is 5.56 Å². The third kappa shape index (κ3) is 4.22. The van der Waals surface area contributed by atoms with Crippen molar-refractivity contribution in [2.24, 2.45) is 0 Å². The van der Waals surface area contributed by atoms with Crippen molar-refractivity contribution in [2.45, 2.75) is 6.61 Å². The number of hydrogen-bond donors (Lipinski definition) is 2. The fourth-order valence-corrected chi connectivity index (χ4v) is 1.77. The maximum Gasteiger partial charge on any atom is 0.262 e. The van der Waals surface area contributed by atoms with Gasteiger partial charge in [0.25, 0.3) is 5.91 Å². The van der Waals surface area contributed by atoms with Crippen molar-refractivity contribution >= 4 is 11.6 Å². The second-order valence-corrected chi connectivity index (χ2v) is 4.34. The number of hydrogen-bond acceptors (Lipinski definition) is 4. The molecule has 0 aliphatic heterocycles. The second kappa shape index (κ2) is 7.31. The molecule has 0 atom stereocenters. The molecule has 0 unspecified atom stereocenters. The molecule has 2 rings (SSSR count). The average Bonchev–Trinajstić information content (AvgIpc) is 2.54. The van der Waals surface area contributed by atoms with Gasteiger partial charge in [-0.3, -0.25) is 4.79 Å². The van der Waals surface area contributed by atoms with Crippen LogP contribution in [0.2, 0.25) is 0 Å². The maximum absolute atomic E-state index is 11.8. The number of benzene rings is 2. The van der Waals surface area contributed by atoms with Gasteiger partial charge in [0.15, 0.2) is 6.61 Å². The summed E-state index contributed by atoms with van der Waals surface area (Å²) >= 11 is 0. The van der Waals surface area contributed by atoms with Crippen molar-refractivity contribution in [3.05, 3.63) is 54.1 Å². The Bertz CT molecular complexity index is 595. The topological polar surface area (TPSA) is 67.8 Å². The number of rotatable bonds is 6. The van der Waals surface area contributed by atoms with Gasteiger partial charge in [0.1, 0.15) is 11.5 Å². The number of nitrogens with one attached hydrogen (secondary N) is 1. The minimum absolute atomic E-state index is 0.0193. The average molecular weight is 287 g/mol. The van der Waals surface area contributed by atoms with Crippen LogP contribution in [-0.4, -0.2) is 24.7 Å². The monoisotopic (exact) mass is 287 g/mol. The molecule has 0 radical (unpaired) electrons. The number of carbonyl (C=O) groups excluding carboxylic acids is 1. The van der Waals surface area contributed by atoms with Gasteiger partial charge in [-0.2, -0.15) is 0 Å². The number of anilines is 1. The molecule has 0 bridgehead atoms. The van der Waals surface area contributed by atoms with Crippen LogP contribution in [0.4, 0.5) is 5.69 Å². The van der Waals surface area contributed by atoms with E-state index in [1.807, 2.05) is 12.1 Å². The molecule has 2 N–H and O–H groups in total. The minimum Gasteiger partial charge on any atom is -0.495 e. The number of aliphatic hydroxyl groups is 1. The largest absolute Gasteiger partial charge is 0.495 e. The van der Waals surface area contributed by atoms with Gasteiger partial charge in [-0.05, 0) is 29.8 Å². The van der Waals surface area contributed by atoms with E-state index in [0.29, 0.717) is 17.2 Å². The molecular formula is C16H17NO4. The predicted molar refractivity (Wildman–Crippen MR) is 79.5 cm³/mol. The molecule has 0 heterocycles. The molecule has 5 nitrogen and oxygen atoms in total. The lowest BCUT2D eigenvalue weighted by Crippen LogP contribution is -2.20. The molecule has 0 saturated carbocycles. The van der Waals surface area contributed by atoms with Gasteiger partial charge in [0, 0.05) is 0 Å². The van der Waals surface area contributed by atoms with Crippen LogP contribution in [0, 0.1) is 0 Å². The number of aliphatic hydroxyl groups excluding tert-OH is 1. The number of ether oxygens (including phenoxy) is 2. The van der Waals surface area contributed by atoms with Crippen LogP contribution >= 0.6 is 0 Å². The molecule has 0 aliphatic carbocycles. The first-order valence-corrected chi connectivity index (χ1v) is 6.48. The summed E-state index contributed by atoms with van der Waals surface area (Å²) in [4.78, 5) is 11.8. The Balaban J connectivity index is 1.89. The SMILES string of the molecule is COc1ccccc1NC(=O)COc1ccc(CO)cc1. The third-order valence-corrected chi connectivity index (χ3v) is 2.86. The smallest absolute Gasteiger partial charge is 0.262 e. The van der Waals surface area contributed by atoms with Crippen LogP contribution in [0.25, 0.3) is 0 Å². The second-order valence-electron chi connectivity index (χ2n) is 4.34. The Morgan fingerprint density at radius 2 is 1.86 bits per heavy atom. The first kappa shape index (κ1) is 14.9. The van der Waals surface area contributed by atoms with Crippen LogP contribution in [0.3, 0.4) is 0 Å². The van der Waals surface area contributed by atoms with Gasteiger partial charge in [-0.25, -0.2) is 0 Å². The number of amides is 1. The molecular weight excluding hydrogens is 270 g/mol. The predicted octanol–water partition coefficient (Wildman–Crippen LogP) is 2.21. The van der Waals surface area contributed by atoms with Crippen LogP contribution in [-0.2, 0) is 11.4 Å². The summed E-state index contributed by atoms with van der Waals surface area (Å²) in [6.45, 7) is -0.120. The van der Waals surface area contributed by atoms with E-state index in [0.717, 1.165) is 5.56 Å². The lowest BCUT2D eigenvalue weighted by atomic mass is 10.2. The number of carbonyl (C=O) groups is 1. The standard InChI is InChI=1S/C16H17NO4/c1-20-15-5-3-2-4-14(15)17-16(19)11-21-13-8-6-12(10-18)7-9-13/h2-9,18H,10-11H2,1H3,(H,17,19). The highest BCUT2D eigenvalue weighted by Crippen LogP contribution is 2.22. The molecule has 0 fully saturated rings. The number of methoxy groups -OCH3 is 1. The van der Waals surface area contributed by atoms with Gasteiger partial charge >= 0.3 is 0 Å². The van der Waals surface area contributed by atoms with E-state index in [1.165, 1.54) is 0 Å². The van der Waals surface area contributed by atoms with Gasteiger partial charge in [0.2, 0.25) is 0 Å². The summed E-state index contributed by atoms with van der Waals surface area (Å²) in [5, 5.41) is 11.7. The van der Waals surface area contributed by atoms with Gasteiger partial charge < -0.3 is 19.9 Å². The van der Waals surface area contributed by atoms with Crippen molar-refractivity contribution in [3.63, 3.8) is 0 Å². The summed E-state index contributed by atoms with van der Waals surface area (Å²) in [6.07, 6.45) is 0. The Hall–Kier alpha value is -2.53. The quantitative estimate of drug-likeness (QED) is 0.854. The molecule has 21 heavy (non-hydrogen) atoms. The van der Waals surface area contributed by atoms with Crippen molar-refractivity contribution in [1.29, 1.82) is 0 Å². The Kier molecular flexibility index (Phi) is 5.17. The van der Waals surface area contributed by atoms with Gasteiger partial charge in [-0.1, -0.05) is 24.3 Å². The molecule has 2 aromatic rings. The fraction of sp³-hybridized carbons (Fsp3) is 0.188. The molecule has 5 heteroatoms. The van der Waals surface area contributed by atoms with E-state index < -0.39 is 0 Å². The Morgan fingerprint density at radius 1 is 1.14 bits per heavy atom. The summed E-state index contributed by atoms with van der Waals surface area (Å²) in [7, 11) is 1.55. The fourth-order valence-electron chi connectivity index (χ4n) is 1.77. The summed E-state index contributed by atoms with van der Waals surface area (Å²) in [5.74, 6) is 0.895. The molecule has 110 valence electrons. The van der Waals surface area contributed by atoms with E-state index in [1.54, 1.807) is 43.5 Å². The summed E-state index contributed by atoms with van der Waals surface area (Å²) in [6, 6.07) is 14.1. The first-order valence-electron chi connectivity index (χ1n) is 6.48. The first-order chi connectivity index (χ1) is 10.2. The van der Waals surface area contributed by atoms with Crippen LogP contribution in [0.15, 0.2) is 48.5 Å². The van der Waals surface area contributed by atoms with Crippen LogP contribution in [0.5, 0.6) is 11.5 Å². The molecule has 0 aromatic heterocycles. The lowest BCUT2D eigenvalue weighted by molar-refractivity contribution is -0.118. The normalized spacial score (nSPS) is 10.0. The molecule has 0 aliphatic rings. The highest BCUT2D eigenvalue weighted by molar-refractivity contribution is 5.93. The highest BCUT2D eigenvalue weighted by atomic mass is 16.5. The maximum atomic E-state index is 11.8. The van der Waals surface area contributed by atoms with Crippen LogP contribution < -0.4 is 14.8 Å². The van der Waals surface area contributed by atoms with E-state index in [-0.39, 0.29) is 19.1 Å².